The van der Waals surface area contributed by atoms with Gasteiger partial charge >= 0.3 is 0 Å². The third kappa shape index (κ3) is 1.87. The van der Waals surface area contributed by atoms with Gasteiger partial charge in [-0.05, 0) is 22.9 Å². The van der Waals surface area contributed by atoms with E-state index in [1.807, 2.05) is 30.4 Å². The summed E-state index contributed by atoms with van der Waals surface area (Å²) < 4.78 is 5.62. The van der Waals surface area contributed by atoms with Crippen LogP contribution in [-0.2, 0) is 4.74 Å². The smallest absolute Gasteiger partial charge is 0.134 e. The summed E-state index contributed by atoms with van der Waals surface area (Å²) in [5.41, 5.74) is 1.12. The van der Waals surface area contributed by atoms with Gasteiger partial charge in [0.1, 0.15) is 5.76 Å². The Morgan fingerprint density at radius 3 is 2.65 bits per heavy atom. The zero-order valence-corrected chi connectivity index (χ0v) is 9.34. The van der Waals surface area contributed by atoms with Crippen LogP contribution in [0.4, 0.5) is 0 Å². The summed E-state index contributed by atoms with van der Waals surface area (Å²) in [5.74, 6) is 0.881. The molecule has 0 aliphatic carbocycles. The lowest BCUT2D eigenvalue weighted by Crippen LogP contribution is -1.87. The number of benzene rings is 2. The molecule has 1 aliphatic rings. The molecule has 0 atom stereocenters. The van der Waals surface area contributed by atoms with Crippen molar-refractivity contribution in [2.24, 2.45) is 0 Å². The maximum atomic E-state index is 5.62. The van der Waals surface area contributed by atoms with Crippen molar-refractivity contribution in [3.63, 3.8) is 0 Å². The van der Waals surface area contributed by atoms with E-state index in [1.165, 1.54) is 10.8 Å². The highest BCUT2D eigenvalue weighted by molar-refractivity contribution is 5.92. The number of allylic oxidation sites excluding steroid dienone is 4. The second-order valence-corrected chi connectivity index (χ2v) is 3.89. The van der Waals surface area contributed by atoms with Crippen LogP contribution in [0.1, 0.15) is 5.56 Å². The summed E-state index contributed by atoms with van der Waals surface area (Å²) in [6.45, 7) is 0. The van der Waals surface area contributed by atoms with E-state index in [0.29, 0.717) is 0 Å². The number of hydrogen-bond acceptors (Lipinski definition) is 1. The van der Waals surface area contributed by atoms with Gasteiger partial charge in [-0.25, -0.2) is 0 Å². The first-order valence-corrected chi connectivity index (χ1v) is 5.63. The van der Waals surface area contributed by atoms with Crippen molar-refractivity contribution in [3.05, 3.63) is 78.6 Å². The van der Waals surface area contributed by atoms with Gasteiger partial charge in [0, 0.05) is 5.56 Å². The summed E-state index contributed by atoms with van der Waals surface area (Å²) in [4.78, 5) is 0. The fourth-order valence-corrected chi connectivity index (χ4v) is 2.00. The minimum atomic E-state index is 0.881. The van der Waals surface area contributed by atoms with Gasteiger partial charge < -0.3 is 4.74 Å². The molecule has 2 aromatic carbocycles. The lowest BCUT2D eigenvalue weighted by atomic mass is 10.0. The topological polar surface area (TPSA) is 9.23 Å². The Hall–Kier alpha value is -2.28. The second kappa shape index (κ2) is 4.30. The molecule has 1 aliphatic heterocycles. The molecule has 0 saturated carbocycles. The van der Waals surface area contributed by atoms with E-state index in [9.17, 15) is 0 Å². The van der Waals surface area contributed by atoms with Crippen molar-refractivity contribution < 1.29 is 4.74 Å². The van der Waals surface area contributed by atoms with E-state index >= 15 is 0 Å². The van der Waals surface area contributed by atoms with Crippen molar-refractivity contribution in [2.45, 2.75) is 0 Å². The Labute approximate surface area is 100 Å². The largest absolute Gasteiger partial charge is 0.464 e. The van der Waals surface area contributed by atoms with E-state index in [1.54, 1.807) is 6.26 Å². The molecular formula is C16H12O. The molecule has 1 heterocycles. The minimum absolute atomic E-state index is 0.881. The molecular weight excluding hydrogens is 208 g/mol. The Balaban J connectivity index is 2.20. The minimum Gasteiger partial charge on any atom is -0.464 e. The lowest BCUT2D eigenvalue weighted by Gasteiger charge is -2.09. The fourth-order valence-electron chi connectivity index (χ4n) is 2.00. The first-order chi connectivity index (χ1) is 8.45. The molecule has 2 aromatic rings. The highest BCUT2D eigenvalue weighted by Gasteiger charge is 2.06. The average Bonchev–Trinajstić information content (AvgIpc) is 2.67. The molecule has 0 saturated heterocycles. The number of hydrogen-bond donors (Lipinski definition) is 0. The summed E-state index contributed by atoms with van der Waals surface area (Å²) in [6.07, 6.45) is 9.52. The van der Waals surface area contributed by atoms with Crippen LogP contribution in [-0.4, -0.2) is 0 Å². The quantitative estimate of drug-likeness (QED) is 0.697. The third-order valence-corrected chi connectivity index (χ3v) is 2.80. The zero-order valence-electron chi connectivity index (χ0n) is 9.34. The van der Waals surface area contributed by atoms with Crippen LogP contribution in [0.15, 0.2) is 73.0 Å². The second-order valence-electron chi connectivity index (χ2n) is 3.89. The highest BCUT2D eigenvalue weighted by atomic mass is 16.5. The number of fused-ring (bicyclic) bond motifs is 1. The van der Waals surface area contributed by atoms with Crippen LogP contribution < -0.4 is 0 Å². The van der Waals surface area contributed by atoms with Gasteiger partial charge in [-0.1, -0.05) is 54.6 Å². The number of ether oxygens (including phenoxy) is 1. The molecule has 3 rings (SSSR count). The van der Waals surface area contributed by atoms with Crippen LogP contribution in [0, 0.1) is 0 Å². The fraction of sp³-hybridized carbons (Fsp3) is 0. The monoisotopic (exact) mass is 220 g/mol. The van der Waals surface area contributed by atoms with Gasteiger partial charge in [-0.2, -0.15) is 0 Å². The molecule has 0 fully saturated rings. The highest BCUT2D eigenvalue weighted by Crippen LogP contribution is 2.26. The Morgan fingerprint density at radius 2 is 1.65 bits per heavy atom. The Kier molecular flexibility index (Phi) is 2.51. The first-order valence-electron chi connectivity index (χ1n) is 5.63. The van der Waals surface area contributed by atoms with Crippen LogP contribution in [0.2, 0.25) is 0 Å². The average molecular weight is 220 g/mol. The van der Waals surface area contributed by atoms with E-state index in [2.05, 4.69) is 36.4 Å². The SMILES string of the molecule is C1=CC=C(c2cccc3ccccc23)OC=C1. The van der Waals surface area contributed by atoms with Crippen molar-refractivity contribution in [1.82, 2.24) is 0 Å². The van der Waals surface area contributed by atoms with Crippen molar-refractivity contribution in [1.29, 1.82) is 0 Å². The molecule has 0 radical (unpaired) electrons. The van der Waals surface area contributed by atoms with Crippen LogP contribution in [0.3, 0.4) is 0 Å². The van der Waals surface area contributed by atoms with E-state index < -0.39 is 0 Å². The zero-order chi connectivity index (χ0) is 11.5. The van der Waals surface area contributed by atoms with E-state index in [0.717, 1.165) is 11.3 Å². The Morgan fingerprint density at radius 1 is 0.765 bits per heavy atom. The van der Waals surface area contributed by atoms with Crippen molar-refractivity contribution in [3.8, 4) is 0 Å². The van der Waals surface area contributed by atoms with Crippen molar-refractivity contribution >= 4 is 16.5 Å². The van der Waals surface area contributed by atoms with Gasteiger partial charge in [0.2, 0.25) is 0 Å². The number of rotatable bonds is 1. The molecule has 0 aromatic heterocycles. The first kappa shape index (κ1) is 9.91. The van der Waals surface area contributed by atoms with Crippen LogP contribution in [0.25, 0.3) is 16.5 Å². The van der Waals surface area contributed by atoms with Gasteiger partial charge in [0.15, 0.2) is 0 Å². The molecule has 82 valence electrons. The maximum Gasteiger partial charge on any atom is 0.134 e. The van der Waals surface area contributed by atoms with E-state index in [-0.39, 0.29) is 0 Å². The molecule has 0 bridgehead atoms. The normalized spacial score (nSPS) is 14.2. The Bertz CT molecular complexity index is 628. The third-order valence-electron chi connectivity index (χ3n) is 2.80. The molecule has 1 heteroatoms. The van der Waals surface area contributed by atoms with Gasteiger partial charge in [-0.3, -0.25) is 0 Å². The van der Waals surface area contributed by atoms with Crippen LogP contribution >= 0.6 is 0 Å². The lowest BCUT2D eigenvalue weighted by molar-refractivity contribution is 0.438. The summed E-state index contributed by atoms with van der Waals surface area (Å²) in [5, 5.41) is 2.44. The van der Waals surface area contributed by atoms with Crippen LogP contribution in [0.5, 0.6) is 0 Å². The van der Waals surface area contributed by atoms with Gasteiger partial charge in [0.05, 0.1) is 6.26 Å². The summed E-state index contributed by atoms with van der Waals surface area (Å²) >= 11 is 0. The molecule has 0 spiro atoms. The summed E-state index contributed by atoms with van der Waals surface area (Å²) in [6, 6.07) is 14.6. The molecule has 17 heavy (non-hydrogen) atoms. The predicted molar refractivity (Wildman–Crippen MR) is 71.3 cm³/mol. The predicted octanol–water partition coefficient (Wildman–Crippen LogP) is 4.28. The van der Waals surface area contributed by atoms with Gasteiger partial charge in [-0.15, -0.1) is 0 Å². The molecule has 0 unspecified atom stereocenters. The van der Waals surface area contributed by atoms with Crippen molar-refractivity contribution in [2.75, 3.05) is 0 Å². The summed E-state index contributed by atoms with van der Waals surface area (Å²) in [7, 11) is 0. The molecule has 0 N–H and O–H groups in total. The van der Waals surface area contributed by atoms with E-state index in [4.69, 9.17) is 4.74 Å². The molecule has 0 amide bonds. The standard InChI is InChI=1S/C16H12O/c1-2-11-16(17-12-5-1)15-10-6-8-13-7-3-4-9-14(13)15/h1-12H. The maximum absolute atomic E-state index is 5.62. The molecule has 1 nitrogen and oxygen atoms in total. The van der Waals surface area contributed by atoms with Gasteiger partial charge in [0.25, 0.3) is 0 Å².